The van der Waals surface area contributed by atoms with E-state index in [9.17, 15) is 0 Å². The van der Waals surface area contributed by atoms with Crippen LogP contribution in [0.25, 0.3) is 0 Å². The lowest BCUT2D eigenvalue weighted by atomic mass is 10.2. The average Bonchev–Trinajstić information content (AvgIpc) is 2.18. The predicted octanol–water partition coefficient (Wildman–Crippen LogP) is -0.142. The van der Waals surface area contributed by atoms with Crippen LogP contribution < -0.4 is 5.32 Å². The second-order valence-corrected chi connectivity index (χ2v) is 4.51. The molecule has 0 aromatic carbocycles. The molecule has 1 saturated heterocycles. The van der Waals surface area contributed by atoms with Crippen molar-refractivity contribution in [2.24, 2.45) is 0 Å². The molecule has 1 fully saturated rings. The van der Waals surface area contributed by atoms with Gasteiger partial charge in [-0.3, -0.25) is 4.90 Å². The predicted molar refractivity (Wildman–Crippen MR) is 63.3 cm³/mol. The highest BCUT2D eigenvalue weighted by Gasteiger charge is 2.20. The highest BCUT2D eigenvalue weighted by atomic mass is 16.5. The van der Waals surface area contributed by atoms with Gasteiger partial charge < -0.3 is 15.0 Å². The van der Waals surface area contributed by atoms with E-state index in [2.05, 4.69) is 29.2 Å². The number of nitrogens with zero attached hydrogens (tertiary/aromatic N) is 2. The van der Waals surface area contributed by atoms with Crippen molar-refractivity contribution in [3.8, 4) is 0 Å². The van der Waals surface area contributed by atoms with Crippen molar-refractivity contribution in [3.05, 3.63) is 0 Å². The van der Waals surface area contributed by atoms with Gasteiger partial charge in [0.1, 0.15) is 0 Å². The summed E-state index contributed by atoms with van der Waals surface area (Å²) in [4.78, 5) is 4.71. The Morgan fingerprint density at radius 2 is 2.27 bits per heavy atom. The Hall–Kier alpha value is -0.160. The first-order chi connectivity index (χ1) is 7.22. The molecule has 1 rings (SSSR count). The highest BCUT2D eigenvalue weighted by molar-refractivity contribution is 4.73. The molecule has 1 atom stereocenters. The van der Waals surface area contributed by atoms with E-state index >= 15 is 0 Å². The van der Waals surface area contributed by atoms with Crippen molar-refractivity contribution in [1.29, 1.82) is 0 Å². The van der Waals surface area contributed by atoms with E-state index in [-0.39, 0.29) is 0 Å². The van der Waals surface area contributed by atoms with Crippen LogP contribution in [-0.4, -0.2) is 76.4 Å². The van der Waals surface area contributed by atoms with Crippen molar-refractivity contribution in [2.75, 3.05) is 60.5 Å². The monoisotopic (exact) mass is 215 g/mol. The molecule has 4 nitrogen and oxygen atoms in total. The molecule has 1 unspecified atom stereocenters. The van der Waals surface area contributed by atoms with Gasteiger partial charge in [0.15, 0.2) is 0 Å². The molecule has 1 aliphatic heterocycles. The number of morpholine rings is 1. The lowest BCUT2D eigenvalue weighted by Gasteiger charge is -2.34. The molecule has 1 N–H and O–H groups in total. The Morgan fingerprint density at radius 1 is 1.47 bits per heavy atom. The first kappa shape index (κ1) is 12.9. The molecule has 0 aromatic heterocycles. The first-order valence-electron chi connectivity index (χ1n) is 5.85. The minimum Gasteiger partial charge on any atom is -0.374 e. The van der Waals surface area contributed by atoms with Crippen LogP contribution in [0.2, 0.25) is 0 Å². The van der Waals surface area contributed by atoms with Crippen LogP contribution in [-0.2, 0) is 4.74 Å². The highest BCUT2D eigenvalue weighted by Crippen LogP contribution is 2.06. The Bertz CT molecular complexity index is 164. The fraction of sp³-hybridized carbons (Fsp3) is 1.00. The topological polar surface area (TPSA) is 27.7 Å². The van der Waals surface area contributed by atoms with E-state index in [0.717, 1.165) is 32.8 Å². The number of hydrogen-bond donors (Lipinski definition) is 1. The van der Waals surface area contributed by atoms with Crippen LogP contribution in [0, 0.1) is 0 Å². The quantitative estimate of drug-likeness (QED) is 0.624. The number of nitrogens with one attached hydrogen (secondary N) is 1. The molecule has 0 bridgehead atoms. The summed E-state index contributed by atoms with van der Waals surface area (Å²) < 4.78 is 5.73. The molecule has 1 heterocycles. The smallest absolute Gasteiger partial charge is 0.0829 e. The molecular formula is C11H25N3O. The summed E-state index contributed by atoms with van der Waals surface area (Å²) in [5.41, 5.74) is 0. The van der Waals surface area contributed by atoms with Crippen LogP contribution in [0.15, 0.2) is 0 Å². The van der Waals surface area contributed by atoms with E-state index in [4.69, 9.17) is 4.74 Å². The molecule has 0 aromatic rings. The Morgan fingerprint density at radius 3 is 2.93 bits per heavy atom. The molecule has 0 saturated carbocycles. The lowest BCUT2D eigenvalue weighted by Crippen LogP contribution is -2.46. The van der Waals surface area contributed by atoms with Crippen molar-refractivity contribution >= 4 is 0 Å². The molecule has 0 spiro atoms. The largest absolute Gasteiger partial charge is 0.374 e. The van der Waals surface area contributed by atoms with Crippen LogP contribution in [0.5, 0.6) is 0 Å². The van der Waals surface area contributed by atoms with Crippen LogP contribution in [0.4, 0.5) is 0 Å². The van der Waals surface area contributed by atoms with Gasteiger partial charge in [0.05, 0.1) is 12.7 Å². The zero-order chi connectivity index (χ0) is 11.1. The fourth-order valence-corrected chi connectivity index (χ4v) is 1.98. The molecule has 1 aliphatic rings. The maximum atomic E-state index is 5.73. The Kier molecular flexibility index (Phi) is 6.17. The lowest BCUT2D eigenvalue weighted by molar-refractivity contribution is -0.0381. The summed E-state index contributed by atoms with van der Waals surface area (Å²) in [5.74, 6) is 0. The number of rotatable bonds is 6. The molecule has 0 aliphatic carbocycles. The van der Waals surface area contributed by atoms with Crippen molar-refractivity contribution in [2.45, 2.75) is 12.5 Å². The summed E-state index contributed by atoms with van der Waals surface area (Å²) in [5, 5.41) is 3.18. The number of likely N-dealkylation sites (N-methyl/N-ethyl adjacent to an activating group) is 1. The fourth-order valence-electron chi connectivity index (χ4n) is 1.98. The standard InChI is InChI=1S/C11H25N3O/c1-12-5-4-6-14-7-8-15-11(10-14)9-13(2)3/h11-12H,4-10H2,1-3H3. The Labute approximate surface area is 93.6 Å². The summed E-state index contributed by atoms with van der Waals surface area (Å²) in [6, 6.07) is 0. The zero-order valence-corrected chi connectivity index (χ0v) is 10.3. The molecule has 4 heteroatoms. The van der Waals surface area contributed by atoms with E-state index in [1.807, 2.05) is 7.05 Å². The van der Waals surface area contributed by atoms with Crippen LogP contribution >= 0.6 is 0 Å². The molecule has 0 amide bonds. The van der Waals surface area contributed by atoms with Gasteiger partial charge in [-0.2, -0.15) is 0 Å². The van der Waals surface area contributed by atoms with Crippen LogP contribution in [0.1, 0.15) is 6.42 Å². The third-order valence-electron chi connectivity index (χ3n) is 2.69. The van der Waals surface area contributed by atoms with Crippen molar-refractivity contribution in [1.82, 2.24) is 15.1 Å². The third-order valence-corrected chi connectivity index (χ3v) is 2.69. The minimum atomic E-state index is 0.392. The summed E-state index contributed by atoms with van der Waals surface area (Å²) in [7, 11) is 6.21. The molecule has 0 radical (unpaired) electrons. The maximum Gasteiger partial charge on any atom is 0.0829 e. The first-order valence-corrected chi connectivity index (χ1v) is 5.85. The summed E-state index contributed by atoms with van der Waals surface area (Å²) in [6.45, 7) is 6.39. The minimum absolute atomic E-state index is 0.392. The van der Waals surface area contributed by atoms with E-state index < -0.39 is 0 Å². The Balaban J connectivity index is 2.17. The SMILES string of the molecule is CNCCCN1CCOC(CN(C)C)C1. The molecule has 90 valence electrons. The summed E-state index contributed by atoms with van der Waals surface area (Å²) in [6.07, 6.45) is 1.62. The third kappa shape index (κ3) is 5.47. The van der Waals surface area contributed by atoms with Gasteiger partial charge in [-0.15, -0.1) is 0 Å². The number of hydrogen-bond acceptors (Lipinski definition) is 4. The maximum absolute atomic E-state index is 5.73. The van der Waals surface area contributed by atoms with Gasteiger partial charge in [-0.1, -0.05) is 0 Å². The molecule has 15 heavy (non-hydrogen) atoms. The van der Waals surface area contributed by atoms with E-state index in [1.54, 1.807) is 0 Å². The summed E-state index contributed by atoms with van der Waals surface area (Å²) >= 11 is 0. The van der Waals surface area contributed by atoms with E-state index in [0.29, 0.717) is 6.10 Å². The van der Waals surface area contributed by atoms with Gasteiger partial charge in [0.25, 0.3) is 0 Å². The van der Waals surface area contributed by atoms with Crippen molar-refractivity contribution < 1.29 is 4.74 Å². The van der Waals surface area contributed by atoms with Crippen LogP contribution in [0.3, 0.4) is 0 Å². The number of ether oxygens (including phenoxy) is 1. The zero-order valence-electron chi connectivity index (χ0n) is 10.3. The second kappa shape index (κ2) is 7.17. The van der Waals surface area contributed by atoms with Gasteiger partial charge >= 0.3 is 0 Å². The van der Waals surface area contributed by atoms with Gasteiger partial charge in [0, 0.05) is 19.6 Å². The van der Waals surface area contributed by atoms with Gasteiger partial charge in [-0.05, 0) is 40.7 Å². The van der Waals surface area contributed by atoms with Gasteiger partial charge in [0.2, 0.25) is 0 Å². The van der Waals surface area contributed by atoms with Crippen molar-refractivity contribution in [3.63, 3.8) is 0 Å². The van der Waals surface area contributed by atoms with Gasteiger partial charge in [-0.25, -0.2) is 0 Å². The normalized spacial score (nSPS) is 23.6. The van der Waals surface area contributed by atoms with E-state index in [1.165, 1.54) is 13.0 Å². The second-order valence-electron chi connectivity index (χ2n) is 4.51. The average molecular weight is 215 g/mol. The molecular weight excluding hydrogens is 190 g/mol.